The Morgan fingerprint density at radius 3 is 2.96 bits per heavy atom. The molecule has 27 heavy (non-hydrogen) atoms. The van der Waals surface area contributed by atoms with Crippen molar-refractivity contribution in [2.45, 2.75) is 38.8 Å². The highest BCUT2D eigenvalue weighted by Gasteiger charge is 2.20. The number of amides is 1. The van der Waals surface area contributed by atoms with E-state index in [9.17, 15) is 9.59 Å². The van der Waals surface area contributed by atoms with E-state index < -0.39 is 0 Å². The van der Waals surface area contributed by atoms with E-state index in [0.717, 1.165) is 43.7 Å². The second kappa shape index (κ2) is 8.06. The minimum Gasteiger partial charge on any atom is -0.326 e. The number of rotatable bonds is 6. The molecular formula is C19H26N6O2. The minimum absolute atomic E-state index is 0.242. The second-order valence-electron chi connectivity index (χ2n) is 7.25. The van der Waals surface area contributed by atoms with Crippen LogP contribution in [0.15, 0.2) is 23.1 Å². The molecule has 0 saturated carbocycles. The lowest BCUT2D eigenvalue weighted by Gasteiger charge is -2.19. The van der Waals surface area contributed by atoms with Crippen LogP contribution in [0, 0.1) is 0 Å². The molecule has 0 atom stereocenters. The summed E-state index contributed by atoms with van der Waals surface area (Å²) in [6.07, 6.45) is 6.26. The molecular weight excluding hydrogens is 344 g/mol. The van der Waals surface area contributed by atoms with Gasteiger partial charge in [-0.2, -0.15) is 5.10 Å². The van der Waals surface area contributed by atoms with Gasteiger partial charge in [0.1, 0.15) is 0 Å². The Hall–Kier alpha value is -2.45. The Labute approximate surface area is 158 Å². The summed E-state index contributed by atoms with van der Waals surface area (Å²) in [6, 6.07) is 3.17. The number of aryl methyl sites for hydroxylation is 1. The van der Waals surface area contributed by atoms with Crippen molar-refractivity contribution in [1.82, 2.24) is 25.0 Å². The van der Waals surface area contributed by atoms with Crippen LogP contribution >= 0.6 is 0 Å². The Balaban J connectivity index is 1.38. The Bertz CT molecular complexity index is 865. The third kappa shape index (κ3) is 4.28. The van der Waals surface area contributed by atoms with Gasteiger partial charge in [0.15, 0.2) is 5.82 Å². The van der Waals surface area contributed by atoms with Gasteiger partial charge in [-0.05, 0) is 44.5 Å². The smallest absolute Gasteiger partial charge is 0.257 e. The molecule has 144 valence electrons. The van der Waals surface area contributed by atoms with Gasteiger partial charge in [-0.3, -0.25) is 14.3 Å². The second-order valence-corrected chi connectivity index (χ2v) is 7.25. The molecule has 1 fully saturated rings. The maximum atomic E-state index is 12.7. The van der Waals surface area contributed by atoms with Crippen molar-refractivity contribution in [1.29, 1.82) is 0 Å². The molecule has 2 aromatic heterocycles. The monoisotopic (exact) mass is 370 g/mol. The largest absolute Gasteiger partial charge is 0.326 e. The first-order valence-corrected chi connectivity index (χ1v) is 9.72. The third-order valence-electron chi connectivity index (χ3n) is 5.28. The lowest BCUT2D eigenvalue weighted by molar-refractivity contribution is 0.102. The fourth-order valence-corrected chi connectivity index (χ4v) is 3.88. The average Bonchev–Trinajstić information content (AvgIpc) is 3.33. The summed E-state index contributed by atoms with van der Waals surface area (Å²) in [6.45, 7) is 5.71. The maximum absolute atomic E-state index is 12.7. The molecule has 2 aliphatic heterocycles. The van der Waals surface area contributed by atoms with Crippen molar-refractivity contribution in [3.05, 3.63) is 45.5 Å². The quantitative estimate of drug-likeness (QED) is 0.704. The van der Waals surface area contributed by atoms with E-state index in [2.05, 4.69) is 25.6 Å². The molecule has 2 aromatic rings. The van der Waals surface area contributed by atoms with Gasteiger partial charge in [0.2, 0.25) is 5.56 Å². The number of likely N-dealkylation sites (tertiary alicyclic amines) is 1. The molecule has 0 spiro atoms. The van der Waals surface area contributed by atoms with Crippen LogP contribution in [0.2, 0.25) is 0 Å². The number of hydrogen-bond acceptors (Lipinski definition) is 5. The van der Waals surface area contributed by atoms with Crippen LogP contribution < -0.4 is 16.2 Å². The van der Waals surface area contributed by atoms with E-state index >= 15 is 0 Å². The van der Waals surface area contributed by atoms with Crippen molar-refractivity contribution in [2.24, 2.45) is 0 Å². The fourth-order valence-electron chi connectivity index (χ4n) is 3.88. The highest BCUT2D eigenvalue weighted by Crippen LogP contribution is 2.16. The van der Waals surface area contributed by atoms with Crippen LogP contribution in [-0.4, -0.2) is 51.8 Å². The van der Waals surface area contributed by atoms with Crippen LogP contribution in [0.3, 0.4) is 0 Å². The molecule has 0 aromatic carbocycles. The van der Waals surface area contributed by atoms with Gasteiger partial charge in [0.25, 0.3) is 5.91 Å². The number of anilines is 1. The number of fused-ring (bicyclic) bond motifs is 1. The molecule has 8 heteroatoms. The van der Waals surface area contributed by atoms with Crippen LogP contribution in [0.25, 0.3) is 0 Å². The first-order valence-electron chi connectivity index (χ1n) is 9.72. The molecule has 4 rings (SSSR count). The van der Waals surface area contributed by atoms with E-state index in [1.807, 2.05) is 10.9 Å². The van der Waals surface area contributed by atoms with Gasteiger partial charge in [-0.25, -0.2) is 0 Å². The number of H-pyrrole nitrogens is 1. The van der Waals surface area contributed by atoms with Crippen LogP contribution in [0.5, 0.6) is 0 Å². The predicted octanol–water partition coefficient (Wildman–Crippen LogP) is 0.955. The molecule has 1 amide bonds. The average molecular weight is 370 g/mol. The first-order chi connectivity index (χ1) is 13.2. The summed E-state index contributed by atoms with van der Waals surface area (Å²) in [4.78, 5) is 29.9. The number of pyridine rings is 1. The van der Waals surface area contributed by atoms with E-state index in [0.29, 0.717) is 17.9 Å². The van der Waals surface area contributed by atoms with Gasteiger partial charge >= 0.3 is 0 Å². The van der Waals surface area contributed by atoms with Gasteiger partial charge in [0, 0.05) is 50.1 Å². The van der Waals surface area contributed by atoms with Gasteiger partial charge in [-0.15, -0.1) is 0 Å². The van der Waals surface area contributed by atoms with Gasteiger partial charge in [0.05, 0.1) is 5.56 Å². The predicted molar refractivity (Wildman–Crippen MR) is 103 cm³/mol. The standard InChI is InChI=1S/C19H26N6O2/c26-18-12-14(15-13-20-6-4-16(15)21-18)19(27)22-17-5-11-25(23-17)10-3-9-24-7-1-2-8-24/h5,11-12,20H,1-4,6-10,13H2,(H,21,26)(H,22,23,27). The molecule has 0 aliphatic carbocycles. The number of hydrogen-bond donors (Lipinski definition) is 3. The summed E-state index contributed by atoms with van der Waals surface area (Å²) >= 11 is 0. The summed E-state index contributed by atoms with van der Waals surface area (Å²) in [7, 11) is 0. The van der Waals surface area contributed by atoms with E-state index in [1.165, 1.54) is 32.0 Å². The van der Waals surface area contributed by atoms with Crippen molar-refractivity contribution in [3.63, 3.8) is 0 Å². The normalized spacial score (nSPS) is 17.0. The number of aromatic nitrogens is 3. The molecule has 0 bridgehead atoms. The summed E-state index contributed by atoms with van der Waals surface area (Å²) in [5.41, 5.74) is 1.89. The zero-order valence-corrected chi connectivity index (χ0v) is 15.5. The zero-order valence-electron chi connectivity index (χ0n) is 15.5. The first kappa shape index (κ1) is 17.9. The zero-order chi connectivity index (χ0) is 18.6. The van der Waals surface area contributed by atoms with Crippen molar-refractivity contribution in [3.8, 4) is 0 Å². The highest BCUT2D eigenvalue weighted by atomic mass is 16.2. The molecule has 1 saturated heterocycles. The van der Waals surface area contributed by atoms with E-state index in [-0.39, 0.29) is 11.5 Å². The fraction of sp³-hybridized carbons (Fsp3) is 0.526. The van der Waals surface area contributed by atoms with E-state index in [1.54, 1.807) is 6.07 Å². The van der Waals surface area contributed by atoms with Crippen molar-refractivity contribution < 1.29 is 4.79 Å². The SMILES string of the molecule is O=C(Nc1ccn(CCCN2CCCC2)n1)c1cc(=O)[nH]c2c1CNCC2. The lowest BCUT2D eigenvalue weighted by atomic mass is 10.0. The topological polar surface area (TPSA) is 95.1 Å². The molecule has 0 unspecified atom stereocenters. The lowest BCUT2D eigenvalue weighted by Crippen LogP contribution is -2.30. The number of carbonyl (C=O) groups excluding carboxylic acids is 1. The summed E-state index contributed by atoms with van der Waals surface area (Å²) < 4.78 is 1.86. The van der Waals surface area contributed by atoms with Crippen molar-refractivity contribution in [2.75, 3.05) is 31.5 Å². The van der Waals surface area contributed by atoms with Gasteiger partial charge in [-0.1, -0.05) is 0 Å². The number of aromatic amines is 1. The highest BCUT2D eigenvalue weighted by molar-refractivity contribution is 6.04. The van der Waals surface area contributed by atoms with Crippen LogP contribution in [0.4, 0.5) is 5.82 Å². The number of nitrogens with one attached hydrogen (secondary N) is 3. The summed E-state index contributed by atoms with van der Waals surface area (Å²) in [5.74, 6) is 0.224. The molecule has 8 nitrogen and oxygen atoms in total. The Morgan fingerprint density at radius 1 is 1.26 bits per heavy atom. The molecule has 3 N–H and O–H groups in total. The Morgan fingerprint density at radius 2 is 2.11 bits per heavy atom. The molecule has 0 radical (unpaired) electrons. The minimum atomic E-state index is -0.289. The van der Waals surface area contributed by atoms with Crippen molar-refractivity contribution >= 4 is 11.7 Å². The molecule has 2 aliphatic rings. The van der Waals surface area contributed by atoms with Crippen LogP contribution in [0.1, 0.15) is 40.9 Å². The Kier molecular flexibility index (Phi) is 5.35. The maximum Gasteiger partial charge on any atom is 0.257 e. The number of nitrogens with zero attached hydrogens (tertiary/aromatic N) is 3. The molecule has 4 heterocycles. The van der Waals surface area contributed by atoms with Gasteiger partial charge < -0.3 is 20.5 Å². The van der Waals surface area contributed by atoms with Crippen LogP contribution in [-0.2, 0) is 19.5 Å². The number of carbonyl (C=O) groups is 1. The van der Waals surface area contributed by atoms with E-state index in [4.69, 9.17) is 0 Å². The summed E-state index contributed by atoms with van der Waals surface area (Å²) in [5, 5.41) is 10.5. The third-order valence-corrected chi connectivity index (χ3v) is 5.28.